The molecule has 2 rings (SSSR count). The minimum atomic E-state index is -1.20. The SMILES string of the molecule is Cc1cc(C(O)C(O)CNC(=O)OCc2ccccc2)ccc1C#N. The number of hydrogen-bond acceptors (Lipinski definition) is 5. The molecule has 130 valence electrons. The monoisotopic (exact) mass is 340 g/mol. The van der Waals surface area contributed by atoms with Gasteiger partial charge in [-0.3, -0.25) is 0 Å². The average molecular weight is 340 g/mol. The standard InChI is InChI=1S/C19H20N2O4/c1-13-9-15(7-8-16(13)10-20)18(23)17(22)11-21-19(24)25-12-14-5-3-2-4-6-14/h2-9,17-18,22-23H,11-12H2,1H3,(H,21,24). The summed E-state index contributed by atoms with van der Waals surface area (Å²) in [4.78, 5) is 11.7. The Bertz CT molecular complexity index is 756. The number of nitrogens with zero attached hydrogens (tertiary/aromatic N) is 1. The van der Waals surface area contributed by atoms with Crippen molar-refractivity contribution in [2.45, 2.75) is 25.7 Å². The second-order valence-corrected chi connectivity index (χ2v) is 5.64. The number of ether oxygens (including phenoxy) is 1. The molecular formula is C19H20N2O4. The maximum atomic E-state index is 11.7. The van der Waals surface area contributed by atoms with E-state index in [1.54, 1.807) is 25.1 Å². The van der Waals surface area contributed by atoms with Gasteiger partial charge in [-0.2, -0.15) is 5.26 Å². The highest BCUT2D eigenvalue weighted by Crippen LogP contribution is 2.20. The molecule has 6 heteroatoms. The molecule has 2 aromatic carbocycles. The molecule has 0 aromatic heterocycles. The first-order chi connectivity index (χ1) is 12.0. The van der Waals surface area contributed by atoms with Crippen LogP contribution in [0.15, 0.2) is 48.5 Å². The number of aliphatic hydroxyl groups is 2. The number of benzene rings is 2. The first kappa shape index (κ1) is 18.5. The van der Waals surface area contributed by atoms with Crippen molar-refractivity contribution >= 4 is 6.09 Å². The van der Waals surface area contributed by atoms with Gasteiger partial charge in [-0.25, -0.2) is 4.79 Å². The fraction of sp³-hybridized carbons (Fsp3) is 0.263. The topological polar surface area (TPSA) is 103 Å². The molecule has 6 nitrogen and oxygen atoms in total. The zero-order valence-electron chi connectivity index (χ0n) is 13.8. The lowest BCUT2D eigenvalue weighted by Crippen LogP contribution is -2.35. The number of nitrogens with one attached hydrogen (secondary N) is 1. The van der Waals surface area contributed by atoms with Gasteiger partial charge in [-0.05, 0) is 29.7 Å². The predicted molar refractivity (Wildman–Crippen MR) is 91.5 cm³/mol. The van der Waals surface area contributed by atoms with Crippen molar-refractivity contribution in [3.05, 3.63) is 70.8 Å². The van der Waals surface area contributed by atoms with Gasteiger partial charge in [-0.15, -0.1) is 0 Å². The minimum Gasteiger partial charge on any atom is -0.445 e. The maximum absolute atomic E-state index is 11.7. The fourth-order valence-corrected chi connectivity index (χ4v) is 2.29. The number of aliphatic hydroxyl groups excluding tert-OH is 2. The third kappa shape index (κ3) is 5.31. The summed E-state index contributed by atoms with van der Waals surface area (Å²) in [5.74, 6) is 0. The molecule has 0 spiro atoms. The van der Waals surface area contributed by atoms with Gasteiger partial charge >= 0.3 is 6.09 Å². The van der Waals surface area contributed by atoms with E-state index in [2.05, 4.69) is 5.32 Å². The van der Waals surface area contributed by atoms with Crippen molar-refractivity contribution in [2.24, 2.45) is 0 Å². The zero-order chi connectivity index (χ0) is 18.2. The first-order valence-electron chi connectivity index (χ1n) is 7.82. The summed E-state index contributed by atoms with van der Waals surface area (Å²) in [6.07, 6.45) is -3.05. The van der Waals surface area contributed by atoms with Crippen LogP contribution in [0, 0.1) is 18.3 Å². The van der Waals surface area contributed by atoms with E-state index >= 15 is 0 Å². The van der Waals surface area contributed by atoms with Crippen LogP contribution in [0.25, 0.3) is 0 Å². The molecule has 2 atom stereocenters. The van der Waals surface area contributed by atoms with Crippen LogP contribution in [0.1, 0.15) is 28.4 Å². The number of aryl methyl sites for hydroxylation is 1. The molecule has 0 aliphatic carbocycles. The molecule has 1 amide bonds. The van der Waals surface area contributed by atoms with Crippen LogP contribution >= 0.6 is 0 Å². The Morgan fingerprint density at radius 3 is 2.60 bits per heavy atom. The Hall–Kier alpha value is -2.88. The van der Waals surface area contributed by atoms with E-state index in [-0.39, 0.29) is 13.2 Å². The van der Waals surface area contributed by atoms with Gasteiger partial charge in [0.1, 0.15) is 18.8 Å². The maximum Gasteiger partial charge on any atom is 0.407 e. The Morgan fingerprint density at radius 2 is 1.96 bits per heavy atom. The fourth-order valence-electron chi connectivity index (χ4n) is 2.29. The molecule has 0 saturated carbocycles. The van der Waals surface area contributed by atoms with Gasteiger partial charge in [0.05, 0.1) is 11.6 Å². The van der Waals surface area contributed by atoms with E-state index in [1.165, 1.54) is 0 Å². The van der Waals surface area contributed by atoms with Crippen LogP contribution in [0.3, 0.4) is 0 Å². The lowest BCUT2D eigenvalue weighted by molar-refractivity contribution is 0.0184. The molecule has 2 unspecified atom stereocenters. The number of carbonyl (C=O) groups excluding carboxylic acids is 1. The molecule has 0 heterocycles. The summed E-state index contributed by atoms with van der Waals surface area (Å²) in [6.45, 7) is 1.72. The third-order valence-corrected chi connectivity index (χ3v) is 3.75. The largest absolute Gasteiger partial charge is 0.445 e. The molecular weight excluding hydrogens is 320 g/mol. The van der Waals surface area contributed by atoms with Crippen LogP contribution in [0.5, 0.6) is 0 Å². The highest BCUT2D eigenvalue weighted by Gasteiger charge is 2.20. The molecule has 2 aromatic rings. The van der Waals surface area contributed by atoms with Gasteiger partial charge in [0, 0.05) is 6.54 Å². The Labute approximate surface area is 146 Å². The number of amides is 1. The molecule has 0 radical (unpaired) electrons. The summed E-state index contributed by atoms with van der Waals surface area (Å²) >= 11 is 0. The minimum absolute atomic E-state index is 0.125. The number of hydrogen-bond donors (Lipinski definition) is 3. The summed E-state index contributed by atoms with van der Waals surface area (Å²) in [5, 5.41) is 31.5. The van der Waals surface area contributed by atoms with E-state index in [1.807, 2.05) is 36.4 Å². The van der Waals surface area contributed by atoms with Crippen LogP contribution < -0.4 is 5.32 Å². The van der Waals surface area contributed by atoms with Gasteiger partial charge in [0.25, 0.3) is 0 Å². The van der Waals surface area contributed by atoms with Gasteiger partial charge in [0.2, 0.25) is 0 Å². The lowest BCUT2D eigenvalue weighted by Gasteiger charge is -2.19. The highest BCUT2D eigenvalue weighted by atomic mass is 16.5. The normalized spacial score (nSPS) is 12.7. The predicted octanol–water partition coefficient (Wildman–Crippen LogP) is 2.19. The lowest BCUT2D eigenvalue weighted by atomic mass is 9.99. The summed E-state index contributed by atoms with van der Waals surface area (Å²) in [5.41, 5.74) is 2.55. The molecule has 3 N–H and O–H groups in total. The molecule has 0 bridgehead atoms. The highest BCUT2D eigenvalue weighted by molar-refractivity contribution is 5.67. The summed E-state index contributed by atoms with van der Waals surface area (Å²) < 4.78 is 5.03. The molecule has 0 saturated heterocycles. The molecule has 25 heavy (non-hydrogen) atoms. The number of nitriles is 1. The van der Waals surface area contributed by atoms with Crippen LogP contribution in [0.4, 0.5) is 4.79 Å². The van der Waals surface area contributed by atoms with Gasteiger partial charge in [0.15, 0.2) is 0 Å². The second-order valence-electron chi connectivity index (χ2n) is 5.64. The smallest absolute Gasteiger partial charge is 0.407 e. The van der Waals surface area contributed by atoms with Crippen molar-refractivity contribution in [1.82, 2.24) is 5.32 Å². The second kappa shape index (κ2) is 8.83. The zero-order valence-corrected chi connectivity index (χ0v) is 13.8. The van der Waals surface area contributed by atoms with Crippen molar-refractivity contribution in [3.63, 3.8) is 0 Å². The van der Waals surface area contributed by atoms with Crippen molar-refractivity contribution < 1.29 is 19.7 Å². The number of alkyl carbamates (subject to hydrolysis) is 1. The van der Waals surface area contributed by atoms with Crippen molar-refractivity contribution in [1.29, 1.82) is 5.26 Å². The Balaban J connectivity index is 1.82. The van der Waals surface area contributed by atoms with Crippen molar-refractivity contribution in [3.8, 4) is 6.07 Å². The Kier molecular flexibility index (Phi) is 6.52. The third-order valence-electron chi connectivity index (χ3n) is 3.75. The van der Waals surface area contributed by atoms with Gasteiger partial charge < -0.3 is 20.3 Å². The van der Waals surface area contributed by atoms with E-state index in [4.69, 9.17) is 10.00 Å². The molecule has 0 aliphatic rings. The summed E-state index contributed by atoms with van der Waals surface area (Å²) in [6, 6.07) is 16.1. The van der Waals surface area contributed by atoms with Crippen LogP contribution in [0.2, 0.25) is 0 Å². The van der Waals surface area contributed by atoms with Crippen LogP contribution in [-0.4, -0.2) is 29.0 Å². The van der Waals surface area contributed by atoms with Crippen molar-refractivity contribution in [2.75, 3.05) is 6.54 Å². The number of rotatable bonds is 6. The van der Waals surface area contributed by atoms with E-state index in [0.29, 0.717) is 16.7 Å². The summed E-state index contributed by atoms with van der Waals surface area (Å²) in [7, 11) is 0. The van der Waals surface area contributed by atoms with E-state index < -0.39 is 18.3 Å². The number of carbonyl (C=O) groups is 1. The first-order valence-corrected chi connectivity index (χ1v) is 7.82. The van der Waals surface area contributed by atoms with E-state index in [9.17, 15) is 15.0 Å². The molecule has 0 aliphatic heterocycles. The average Bonchev–Trinajstić information content (AvgIpc) is 2.64. The molecule has 0 fully saturated rings. The van der Waals surface area contributed by atoms with Gasteiger partial charge in [-0.1, -0.05) is 42.5 Å². The Morgan fingerprint density at radius 1 is 1.24 bits per heavy atom. The quantitative estimate of drug-likeness (QED) is 0.748. The van der Waals surface area contributed by atoms with E-state index in [0.717, 1.165) is 5.56 Å². The van der Waals surface area contributed by atoms with Crippen LogP contribution in [-0.2, 0) is 11.3 Å².